The number of phenols is 2. The predicted octanol–water partition coefficient (Wildman–Crippen LogP) is 2.76. The summed E-state index contributed by atoms with van der Waals surface area (Å²) in [4.78, 5) is 14.5. The molecule has 0 heterocycles. The van der Waals surface area contributed by atoms with E-state index in [0.717, 1.165) is 13.1 Å². The van der Waals surface area contributed by atoms with E-state index in [0.29, 0.717) is 11.4 Å². The van der Waals surface area contributed by atoms with Crippen LogP contribution in [-0.4, -0.2) is 29.1 Å². The molecule has 0 aliphatic carbocycles. The fourth-order valence-corrected chi connectivity index (χ4v) is 2.42. The number of nitrogens with zero attached hydrogens (tertiary/aromatic N) is 1. The van der Waals surface area contributed by atoms with Crippen LogP contribution in [-0.2, 0) is 0 Å². The fourth-order valence-electron chi connectivity index (χ4n) is 2.42. The van der Waals surface area contributed by atoms with Crippen molar-refractivity contribution < 1.29 is 15.0 Å². The Kier molecular flexibility index (Phi) is 4.56. The molecule has 0 atom stereocenters. The third-order valence-corrected chi connectivity index (χ3v) is 3.64. The Balaban J connectivity index is 2.48. The van der Waals surface area contributed by atoms with Crippen LogP contribution in [0.3, 0.4) is 0 Å². The fraction of sp³-hybridized carbons (Fsp3) is 0.235. The molecule has 0 spiro atoms. The Morgan fingerprint density at radius 2 is 1.68 bits per heavy atom. The number of benzene rings is 2. The van der Waals surface area contributed by atoms with Crippen molar-refractivity contribution in [2.45, 2.75) is 13.8 Å². The molecule has 2 rings (SSSR count). The zero-order valence-corrected chi connectivity index (χ0v) is 12.7. The number of hydrogen-bond donors (Lipinski definition) is 3. The molecule has 0 bridgehead atoms. The van der Waals surface area contributed by atoms with Gasteiger partial charge in [-0.3, -0.25) is 4.79 Å². The van der Waals surface area contributed by atoms with Gasteiger partial charge in [0, 0.05) is 19.2 Å². The number of aromatic hydroxyl groups is 2. The minimum absolute atomic E-state index is 0.0786. The van der Waals surface area contributed by atoms with Crippen molar-refractivity contribution in [2.75, 3.05) is 23.7 Å². The summed E-state index contributed by atoms with van der Waals surface area (Å²) in [5.74, 6) is -0.740. The van der Waals surface area contributed by atoms with Gasteiger partial charge in [-0.15, -0.1) is 0 Å². The van der Waals surface area contributed by atoms with Gasteiger partial charge in [0.2, 0.25) is 5.78 Å². The molecular formula is C17H20N2O3. The van der Waals surface area contributed by atoms with E-state index in [2.05, 4.69) is 0 Å². The minimum Gasteiger partial charge on any atom is -0.507 e. The molecule has 0 saturated heterocycles. The molecule has 5 heteroatoms. The molecule has 0 amide bonds. The van der Waals surface area contributed by atoms with E-state index in [9.17, 15) is 15.0 Å². The quantitative estimate of drug-likeness (QED) is 0.449. The number of anilines is 2. The monoisotopic (exact) mass is 300 g/mol. The maximum absolute atomic E-state index is 12.5. The van der Waals surface area contributed by atoms with Gasteiger partial charge in [0.05, 0.1) is 22.5 Å². The molecule has 0 radical (unpaired) electrons. The van der Waals surface area contributed by atoms with E-state index < -0.39 is 5.78 Å². The zero-order valence-electron chi connectivity index (χ0n) is 12.7. The number of ketones is 1. The zero-order chi connectivity index (χ0) is 16.3. The summed E-state index contributed by atoms with van der Waals surface area (Å²) in [5, 5.41) is 20.0. The SMILES string of the molecule is CCN(CC)c1cc(O)c(C(=O)c2ccccc2O)cc1N. The lowest BCUT2D eigenvalue weighted by molar-refractivity contribution is 0.103. The Bertz CT molecular complexity index is 694. The van der Waals surface area contributed by atoms with Gasteiger partial charge < -0.3 is 20.8 Å². The van der Waals surface area contributed by atoms with Crippen LogP contribution in [0, 0.1) is 0 Å². The van der Waals surface area contributed by atoms with E-state index in [4.69, 9.17) is 5.73 Å². The van der Waals surface area contributed by atoms with Gasteiger partial charge in [-0.1, -0.05) is 12.1 Å². The van der Waals surface area contributed by atoms with Gasteiger partial charge in [-0.25, -0.2) is 0 Å². The van der Waals surface area contributed by atoms with Crippen molar-refractivity contribution >= 4 is 17.2 Å². The van der Waals surface area contributed by atoms with E-state index in [1.807, 2.05) is 18.7 Å². The highest BCUT2D eigenvalue weighted by atomic mass is 16.3. The molecule has 0 aliphatic heterocycles. The second kappa shape index (κ2) is 6.39. The molecule has 2 aromatic rings. The van der Waals surface area contributed by atoms with Crippen LogP contribution >= 0.6 is 0 Å². The summed E-state index contributed by atoms with van der Waals surface area (Å²) >= 11 is 0. The first-order chi connectivity index (χ1) is 10.5. The summed E-state index contributed by atoms with van der Waals surface area (Å²) in [6.45, 7) is 5.46. The highest BCUT2D eigenvalue weighted by molar-refractivity contribution is 6.13. The lowest BCUT2D eigenvalue weighted by Crippen LogP contribution is -2.23. The number of para-hydroxylation sites is 1. The molecule has 0 aliphatic rings. The molecule has 22 heavy (non-hydrogen) atoms. The smallest absolute Gasteiger partial charge is 0.200 e. The van der Waals surface area contributed by atoms with Crippen molar-refractivity contribution in [2.24, 2.45) is 0 Å². The molecule has 0 fully saturated rings. The molecular weight excluding hydrogens is 280 g/mol. The lowest BCUT2D eigenvalue weighted by atomic mass is 10.00. The maximum Gasteiger partial charge on any atom is 0.200 e. The van der Waals surface area contributed by atoms with Crippen molar-refractivity contribution in [1.29, 1.82) is 0 Å². The van der Waals surface area contributed by atoms with E-state index in [1.165, 1.54) is 24.3 Å². The van der Waals surface area contributed by atoms with Crippen LogP contribution in [0.1, 0.15) is 29.8 Å². The molecule has 2 aromatic carbocycles. The van der Waals surface area contributed by atoms with Gasteiger partial charge in [0.1, 0.15) is 11.5 Å². The molecule has 0 unspecified atom stereocenters. The second-order valence-corrected chi connectivity index (χ2v) is 4.95. The lowest BCUT2D eigenvalue weighted by Gasteiger charge is -2.23. The number of hydrogen-bond acceptors (Lipinski definition) is 5. The number of carbonyl (C=O) groups is 1. The first-order valence-corrected chi connectivity index (χ1v) is 7.19. The second-order valence-electron chi connectivity index (χ2n) is 4.95. The van der Waals surface area contributed by atoms with E-state index in [-0.39, 0.29) is 22.6 Å². The minimum atomic E-state index is -0.464. The van der Waals surface area contributed by atoms with Crippen LogP contribution in [0.5, 0.6) is 11.5 Å². The number of nitrogen functional groups attached to an aromatic ring is 1. The van der Waals surface area contributed by atoms with Crippen molar-refractivity contribution in [3.63, 3.8) is 0 Å². The third kappa shape index (κ3) is 2.83. The van der Waals surface area contributed by atoms with Gasteiger partial charge in [-0.2, -0.15) is 0 Å². The number of phenolic OH excluding ortho intramolecular Hbond substituents is 2. The van der Waals surface area contributed by atoms with Crippen LogP contribution in [0.15, 0.2) is 36.4 Å². The Hall–Kier alpha value is -2.69. The van der Waals surface area contributed by atoms with Crippen LogP contribution in [0.25, 0.3) is 0 Å². The van der Waals surface area contributed by atoms with E-state index in [1.54, 1.807) is 12.1 Å². The van der Waals surface area contributed by atoms with Gasteiger partial charge in [0.25, 0.3) is 0 Å². The topological polar surface area (TPSA) is 86.8 Å². The summed E-state index contributed by atoms with van der Waals surface area (Å²) < 4.78 is 0. The first kappa shape index (κ1) is 15.7. The summed E-state index contributed by atoms with van der Waals surface area (Å²) in [7, 11) is 0. The predicted molar refractivity (Wildman–Crippen MR) is 87.6 cm³/mol. The summed E-state index contributed by atoms with van der Waals surface area (Å²) in [6, 6.07) is 9.16. The van der Waals surface area contributed by atoms with Gasteiger partial charge in [-0.05, 0) is 32.0 Å². The number of rotatable bonds is 5. The van der Waals surface area contributed by atoms with Crippen molar-refractivity contribution in [1.82, 2.24) is 0 Å². The average Bonchev–Trinajstić information content (AvgIpc) is 2.51. The number of carbonyl (C=O) groups excluding carboxylic acids is 1. The standard InChI is InChI=1S/C17H20N2O3/c1-3-19(4-2)14-10-16(21)12(9-13(14)18)17(22)11-7-5-6-8-15(11)20/h5-10,20-21H,3-4,18H2,1-2H3. The van der Waals surface area contributed by atoms with Crippen molar-refractivity contribution in [3.8, 4) is 11.5 Å². The Morgan fingerprint density at radius 3 is 2.27 bits per heavy atom. The Morgan fingerprint density at radius 1 is 1.05 bits per heavy atom. The van der Waals surface area contributed by atoms with Gasteiger partial charge >= 0.3 is 0 Å². The van der Waals surface area contributed by atoms with Gasteiger partial charge in [0.15, 0.2) is 0 Å². The normalized spacial score (nSPS) is 10.5. The van der Waals surface area contributed by atoms with Crippen LogP contribution < -0.4 is 10.6 Å². The highest BCUT2D eigenvalue weighted by Crippen LogP contribution is 2.33. The third-order valence-electron chi connectivity index (χ3n) is 3.64. The molecule has 5 nitrogen and oxygen atoms in total. The summed E-state index contributed by atoms with van der Waals surface area (Å²) in [6.07, 6.45) is 0. The molecule has 0 aromatic heterocycles. The van der Waals surface area contributed by atoms with Crippen LogP contribution in [0.4, 0.5) is 11.4 Å². The highest BCUT2D eigenvalue weighted by Gasteiger charge is 2.19. The van der Waals surface area contributed by atoms with Crippen molar-refractivity contribution in [3.05, 3.63) is 47.5 Å². The van der Waals surface area contributed by atoms with E-state index >= 15 is 0 Å². The Labute approximate surface area is 129 Å². The average molecular weight is 300 g/mol. The largest absolute Gasteiger partial charge is 0.507 e. The van der Waals surface area contributed by atoms with Crippen LogP contribution in [0.2, 0.25) is 0 Å². The molecule has 116 valence electrons. The summed E-state index contributed by atoms with van der Waals surface area (Å²) in [5.41, 5.74) is 7.35. The maximum atomic E-state index is 12.5. The molecule has 0 saturated carbocycles. The number of nitrogens with two attached hydrogens (primary N) is 1. The first-order valence-electron chi connectivity index (χ1n) is 7.19. The molecule has 4 N–H and O–H groups in total.